The molecule has 27 heavy (non-hydrogen) atoms. The van der Waals surface area contributed by atoms with Gasteiger partial charge in [-0.3, -0.25) is 9.10 Å². The summed E-state index contributed by atoms with van der Waals surface area (Å²) in [5, 5.41) is 3.27. The number of sulfonamides is 1. The van der Waals surface area contributed by atoms with Crippen LogP contribution in [0.15, 0.2) is 54.6 Å². The fourth-order valence-corrected chi connectivity index (χ4v) is 3.62. The van der Waals surface area contributed by atoms with Crippen LogP contribution < -0.4 is 14.4 Å². The van der Waals surface area contributed by atoms with Crippen molar-refractivity contribution in [3.05, 3.63) is 59.6 Å². The van der Waals surface area contributed by atoms with Gasteiger partial charge in [-0.1, -0.05) is 41.9 Å². The van der Waals surface area contributed by atoms with Crippen LogP contribution in [0, 0.1) is 0 Å². The Morgan fingerprint density at radius 3 is 2.44 bits per heavy atom. The monoisotopic (exact) mass is 410 g/mol. The third-order valence-electron chi connectivity index (χ3n) is 3.73. The summed E-state index contributed by atoms with van der Waals surface area (Å²) in [6.45, 7) is 0.889. The SMILES string of the molecule is CS(=O)(=O)N(CCCC(=O)NCCOc1ccccc1Cl)c1ccccc1. The number of hydrogen-bond acceptors (Lipinski definition) is 4. The lowest BCUT2D eigenvalue weighted by atomic mass is 10.2. The number of ether oxygens (including phenoxy) is 1. The predicted octanol–water partition coefficient (Wildman–Crippen LogP) is 3.08. The molecule has 0 aromatic heterocycles. The topological polar surface area (TPSA) is 75.7 Å². The van der Waals surface area contributed by atoms with Crippen LogP contribution in [0.3, 0.4) is 0 Å². The zero-order valence-electron chi connectivity index (χ0n) is 15.1. The maximum atomic E-state index is 12.0. The Morgan fingerprint density at radius 2 is 1.78 bits per heavy atom. The molecular weight excluding hydrogens is 388 g/mol. The van der Waals surface area contributed by atoms with Gasteiger partial charge < -0.3 is 10.1 Å². The molecule has 0 unspecified atom stereocenters. The van der Waals surface area contributed by atoms with E-state index in [0.29, 0.717) is 36.0 Å². The van der Waals surface area contributed by atoms with Gasteiger partial charge in [-0.05, 0) is 30.7 Å². The molecule has 2 aromatic rings. The maximum absolute atomic E-state index is 12.0. The van der Waals surface area contributed by atoms with Gasteiger partial charge in [0, 0.05) is 13.0 Å². The summed E-state index contributed by atoms with van der Waals surface area (Å²) in [5.74, 6) is 0.416. The largest absolute Gasteiger partial charge is 0.490 e. The van der Waals surface area contributed by atoms with Crippen molar-refractivity contribution in [2.24, 2.45) is 0 Å². The van der Waals surface area contributed by atoms with E-state index in [1.165, 1.54) is 4.31 Å². The van der Waals surface area contributed by atoms with Crippen molar-refractivity contribution in [1.29, 1.82) is 0 Å². The number of carbonyl (C=O) groups excluding carboxylic acids is 1. The molecule has 0 saturated carbocycles. The number of benzene rings is 2. The summed E-state index contributed by atoms with van der Waals surface area (Å²) in [4.78, 5) is 11.9. The molecule has 6 nitrogen and oxygen atoms in total. The van der Waals surface area contributed by atoms with Crippen LogP contribution in [0.4, 0.5) is 5.69 Å². The molecule has 0 spiro atoms. The highest BCUT2D eigenvalue weighted by Crippen LogP contribution is 2.22. The zero-order chi connectivity index (χ0) is 19.7. The van der Waals surface area contributed by atoms with E-state index < -0.39 is 10.0 Å². The molecular formula is C19H23ClN2O4S. The smallest absolute Gasteiger partial charge is 0.232 e. The fourth-order valence-electron chi connectivity index (χ4n) is 2.47. The van der Waals surface area contributed by atoms with E-state index in [-0.39, 0.29) is 18.9 Å². The van der Waals surface area contributed by atoms with Crippen molar-refractivity contribution in [2.45, 2.75) is 12.8 Å². The number of carbonyl (C=O) groups is 1. The second-order valence-electron chi connectivity index (χ2n) is 5.90. The summed E-state index contributed by atoms with van der Waals surface area (Å²) < 4.78 is 30.8. The average molecular weight is 411 g/mol. The number of hydrogen-bond donors (Lipinski definition) is 1. The molecule has 8 heteroatoms. The standard InChI is InChI=1S/C19H23ClN2O4S/c1-27(24,25)22(16-8-3-2-4-9-16)14-7-12-19(23)21-13-15-26-18-11-6-5-10-17(18)20/h2-6,8-11H,7,12-15H2,1H3,(H,21,23). The normalized spacial score (nSPS) is 11.0. The van der Waals surface area contributed by atoms with Gasteiger partial charge in [-0.2, -0.15) is 0 Å². The van der Waals surface area contributed by atoms with Crippen LogP contribution in [0.5, 0.6) is 5.75 Å². The number of para-hydroxylation sites is 2. The van der Waals surface area contributed by atoms with Crippen LogP contribution in [0.1, 0.15) is 12.8 Å². The first kappa shape index (κ1) is 21.1. The van der Waals surface area contributed by atoms with E-state index in [2.05, 4.69) is 5.32 Å². The van der Waals surface area contributed by atoms with Crippen LogP contribution >= 0.6 is 11.6 Å². The van der Waals surface area contributed by atoms with Crippen LogP contribution in [0.25, 0.3) is 0 Å². The second kappa shape index (κ2) is 10.2. The Labute approximate surface area is 165 Å². The maximum Gasteiger partial charge on any atom is 0.232 e. The fraction of sp³-hybridized carbons (Fsp3) is 0.316. The minimum Gasteiger partial charge on any atom is -0.490 e. The summed E-state index contributed by atoms with van der Waals surface area (Å²) in [6, 6.07) is 16.0. The second-order valence-corrected chi connectivity index (χ2v) is 8.22. The number of anilines is 1. The van der Waals surface area contributed by atoms with Gasteiger partial charge >= 0.3 is 0 Å². The highest BCUT2D eigenvalue weighted by Gasteiger charge is 2.17. The first-order valence-corrected chi connectivity index (χ1v) is 10.8. The van der Waals surface area contributed by atoms with Crippen molar-refractivity contribution in [1.82, 2.24) is 5.32 Å². The molecule has 0 atom stereocenters. The molecule has 0 heterocycles. The Morgan fingerprint density at radius 1 is 1.11 bits per heavy atom. The Hall–Kier alpha value is -2.25. The van der Waals surface area contributed by atoms with E-state index in [0.717, 1.165) is 6.26 Å². The van der Waals surface area contributed by atoms with Gasteiger partial charge in [0.15, 0.2) is 0 Å². The molecule has 0 bridgehead atoms. The molecule has 0 aliphatic carbocycles. The zero-order valence-corrected chi connectivity index (χ0v) is 16.7. The summed E-state index contributed by atoms with van der Waals surface area (Å²) in [5.41, 5.74) is 0.591. The van der Waals surface area contributed by atoms with E-state index >= 15 is 0 Å². The van der Waals surface area contributed by atoms with Gasteiger partial charge in [0.25, 0.3) is 0 Å². The predicted molar refractivity (Wildman–Crippen MR) is 108 cm³/mol. The van der Waals surface area contributed by atoms with E-state index in [1.54, 1.807) is 36.4 Å². The van der Waals surface area contributed by atoms with Gasteiger partial charge in [0.2, 0.25) is 15.9 Å². The summed E-state index contributed by atoms with van der Waals surface area (Å²) in [7, 11) is -3.40. The third kappa shape index (κ3) is 7.11. The average Bonchev–Trinajstić information content (AvgIpc) is 2.63. The molecule has 0 saturated heterocycles. The number of rotatable bonds is 10. The van der Waals surface area contributed by atoms with Gasteiger partial charge in [-0.25, -0.2) is 8.42 Å². The van der Waals surface area contributed by atoms with E-state index in [4.69, 9.17) is 16.3 Å². The Balaban J connectivity index is 1.72. The molecule has 0 aliphatic rings. The quantitative estimate of drug-likeness (QED) is 0.611. The highest BCUT2D eigenvalue weighted by molar-refractivity contribution is 7.92. The molecule has 1 amide bonds. The molecule has 2 aromatic carbocycles. The van der Waals surface area contributed by atoms with Crippen LogP contribution in [-0.4, -0.2) is 40.3 Å². The van der Waals surface area contributed by atoms with Crippen LogP contribution in [-0.2, 0) is 14.8 Å². The molecule has 0 aliphatic heterocycles. The number of amides is 1. The third-order valence-corrected chi connectivity index (χ3v) is 5.23. The van der Waals surface area contributed by atoms with E-state index in [9.17, 15) is 13.2 Å². The Bertz CT molecular complexity index is 844. The molecule has 1 N–H and O–H groups in total. The van der Waals surface area contributed by atoms with Gasteiger partial charge in [0.1, 0.15) is 12.4 Å². The van der Waals surface area contributed by atoms with Crippen molar-refractivity contribution in [3.63, 3.8) is 0 Å². The minimum atomic E-state index is -3.40. The molecule has 2 rings (SSSR count). The Kier molecular flexibility index (Phi) is 7.94. The lowest BCUT2D eigenvalue weighted by Gasteiger charge is -2.22. The molecule has 0 radical (unpaired) electrons. The lowest BCUT2D eigenvalue weighted by molar-refractivity contribution is -0.121. The van der Waals surface area contributed by atoms with Crippen molar-refractivity contribution in [2.75, 3.05) is 30.3 Å². The summed E-state index contributed by atoms with van der Waals surface area (Å²) >= 11 is 5.99. The first-order chi connectivity index (χ1) is 12.9. The highest BCUT2D eigenvalue weighted by atomic mass is 35.5. The van der Waals surface area contributed by atoms with E-state index in [1.807, 2.05) is 18.2 Å². The van der Waals surface area contributed by atoms with Gasteiger partial charge in [-0.15, -0.1) is 0 Å². The van der Waals surface area contributed by atoms with Crippen molar-refractivity contribution in [3.8, 4) is 5.75 Å². The minimum absolute atomic E-state index is 0.153. The van der Waals surface area contributed by atoms with Crippen LogP contribution in [0.2, 0.25) is 5.02 Å². The number of halogens is 1. The van der Waals surface area contributed by atoms with Gasteiger partial charge in [0.05, 0.1) is 23.5 Å². The first-order valence-electron chi connectivity index (χ1n) is 8.55. The molecule has 146 valence electrons. The number of nitrogens with one attached hydrogen (secondary N) is 1. The molecule has 0 fully saturated rings. The number of nitrogens with zero attached hydrogens (tertiary/aromatic N) is 1. The lowest BCUT2D eigenvalue weighted by Crippen LogP contribution is -2.32. The van der Waals surface area contributed by atoms with Crippen molar-refractivity contribution >= 4 is 33.2 Å². The van der Waals surface area contributed by atoms with Crippen molar-refractivity contribution < 1.29 is 17.9 Å². The summed E-state index contributed by atoms with van der Waals surface area (Å²) in [6.07, 6.45) is 1.80.